The number of fused-ring (bicyclic) bond motifs is 12. The summed E-state index contributed by atoms with van der Waals surface area (Å²) in [7, 11) is 0. The van der Waals surface area contributed by atoms with Crippen LogP contribution in [0.15, 0.2) is 176 Å². The van der Waals surface area contributed by atoms with E-state index in [9.17, 15) is 0 Å². The lowest BCUT2D eigenvalue weighted by Gasteiger charge is -2.42. The Morgan fingerprint density at radius 3 is 1.48 bits per heavy atom. The fraction of sp³-hybridized carbons (Fsp3) is 0.213. The second kappa shape index (κ2) is 13.8. The van der Waals surface area contributed by atoms with E-state index in [1.807, 2.05) is 0 Å². The minimum atomic E-state index is -0.464. The number of benzene rings is 8. The molecule has 12 rings (SSSR count). The van der Waals surface area contributed by atoms with Crippen molar-refractivity contribution in [2.75, 3.05) is 4.90 Å². The van der Waals surface area contributed by atoms with E-state index in [1.165, 1.54) is 126 Å². The number of aryl methyl sites for hydroxylation is 2. The maximum atomic E-state index is 2.63. The van der Waals surface area contributed by atoms with E-state index in [1.54, 1.807) is 0 Å². The van der Waals surface area contributed by atoms with Crippen LogP contribution < -0.4 is 4.90 Å². The summed E-state index contributed by atoms with van der Waals surface area (Å²) in [6.45, 7) is 9.79. The average Bonchev–Trinajstić information content (AvgIpc) is 3.77. The van der Waals surface area contributed by atoms with Crippen LogP contribution in [0.2, 0.25) is 0 Å². The summed E-state index contributed by atoms with van der Waals surface area (Å²) >= 11 is 0. The van der Waals surface area contributed by atoms with E-state index in [-0.39, 0.29) is 10.8 Å². The van der Waals surface area contributed by atoms with Gasteiger partial charge in [0, 0.05) is 16.8 Å². The fourth-order valence-electron chi connectivity index (χ4n) is 12.1. The Labute approximate surface area is 367 Å². The summed E-state index contributed by atoms with van der Waals surface area (Å²) in [5.41, 5.74) is 25.1. The second-order valence-electron chi connectivity index (χ2n) is 19.7. The van der Waals surface area contributed by atoms with Crippen LogP contribution >= 0.6 is 0 Å². The number of rotatable bonds is 5. The molecule has 4 aliphatic carbocycles. The largest absolute Gasteiger partial charge is 0.309 e. The molecule has 8 aromatic carbocycles. The molecule has 1 heteroatoms. The molecular formula is C61H53N. The van der Waals surface area contributed by atoms with Gasteiger partial charge < -0.3 is 4.90 Å². The summed E-state index contributed by atoms with van der Waals surface area (Å²) in [5, 5.41) is 0. The van der Waals surface area contributed by atoms with Gasteiger partial charge in [0.2, 0.25) is 0 Å². The lowest BCUT2D eigenvalue weighted by molar-refractivity contribution is 0.332. The van der Waals surface area contributed by atoms with E-state index < -0.39 is 5.41 Å². The summed E-state index contributed by atoms with van der Waals surface area (Å²) in [6.07, 6.45) is 7.08. The molecule has 4 aliphatic rings. The van der Waals surface area contributed by atoms with Crippen LogP contribution in [0, 0.1) is 0 Å². The number of hydrogen-bond donors (Lipinski definition) is 0. The third kappa shape index (κ3) is 5.40. The highest BCUT2D eigenvalue weighted by atomic mass is 15.1. The standard InChI is InChI=1S/C61H53N/c1-59(2)33-34-60(3,4)56-36-43(31-32-54(56)59)49-38-50-47-27-15-18-30-53(47)61(51-28-16-13-25-45(51)46-26-14-17-29-52(46)61)55(50)39-58(49)62(44-23-9-6-10-24-44)57-37-42-22-12-11-21-41(42)35-48(57)40-19-7-5-8-20-40/h5-10,13-20,23-32,35-39H,11-12,21-22,33-34H2,1-4H3. The molecule has 0 aromatic heterocycles. The highest BCUT2D eigenvalue weighted by Gasteiger charge is 2.52. The summed E-state index contributed by atoms with van der Waals surface area (Å²) < 4.78 is 0. The molecule has 1 spiro atoms. The second-order valence-corrected chi connectivity index (χ2v) is 19.7. The van der Waals surface area contributed by atoms with Gasteiger partial charge in [-0.1, -0.05) is 167 Å². The first-order valence-electron chi connectivity index (χ1n) is 22.9. The van der Waals surface area contributed by atoms with Crippen LogP contribution in [0.1, 0.15) is 97.9 Å². The molecule has 302 valence electrons. The number of para-hydroxylation sites is 1. The molecule has 1 nitrogen and oxygen atoms in total. The minimum Gasteiger partial charge on any atom is -0.309 e. The molecule has 0 saturated carbocycles. The van der Waals surface area contributed by atoms with Gasteiger partial charge in [-0.05, 0) is 164 Å². The number of anilines is 3. The van der Waals surface area contributed by atoms with E-state index in [2.05, 4.69) is 209 Å². The summed E-state index contributed by atoms with van der Waals surface area (Å²) in [6, 6.07) is 67.8. The van der Waals surface area contributed by atoms with Crippen molar-refractivity contribution in [3.05, 3.63) is 220 Å². The van der Waals surface area contributed by atoms with E-state index in [0.717, 1.165) is 18.5 Å². The predicted octanol–water partition coefficient (Wildman–Crippen LogP) is 16.1. The first-order chi connectivity index (χ1) is 30.2. The van der Waals surface area contributed by atoms with Gasteiger partial charge in [0.15, 0.2) is 0 Å². The Balaban J connectivity index is 1.23. The molecule has 8 aromatic rings. The summed E-state index contributed by atoms with van der Waals surface area (Å²) in [5.74, 6) is 0. The monoisotopic (exact) mass is 799 g/mol. The molecule has 0 heterocycles. The molecule has 0 N–H and O–H groups in total. The van der Waals surface area contributed by atoms with E-state index in [0.29, 0.717) is 0 Å². The first-order valence-corrected chi connectivity index (χ1v) is 22.9. The van der Waals surface area contributed by atoms with Gasteiger partial charge in [-0.2, -0.15) is 0 Å². The SMILES string of the molecule is CC1(C)CCC(C)(C)c2cc(-c3cc4c(cc3N(c3ccccc3)c3cc5c(cc3-c3ccccc3)CCCC5)C3(c5ccccc5-c5ccccc53)c3ccccc3-4)ccc21. The van der Waals surface area contributed by atoms with Crippen molar-refractivity contribution in [3.63, 3.8) is 0 Å². The molecule has 0 radical (unpaired) electrons. The van der Waals surface area contributed by atoms with Crippen molar-refractivity contribution in [1.29, 1.82) is 0 Å². The Morgan fingerprint density at radius 1 is 0.355 bits per heavy atom. The van der Waals surface area contributed by atoms with Crippen molar-refractivity contribution in [2.24, 2.45) is 0 Å². The van der Waals surface area contributed by atoms with Gasteiger partial charge in [0.25, 0.3) is 0 Å². The zero-order valence-corrected chi connectivity index (χ0v) is 36.4. The number of hydrogen-bond acceptors (Lipinski definition) is 1. The summed E-state index contributed by atoms with van der Waals surface area (Å²) in [4.78, 5) is 2.63. The lowest BCUT2D eigenvalue weighted by Crippen LogP contribution is -2.33. The molecule has 62 heavy (non-hydrogen) atoms. The van der Waals surface area contributed by atoms with Crippen molar-refractivity contribution in [2.45, 2.75) is 82.5 Å². The van der Waals surface area contributed by atoms with Gasteiger partial charge >= 0.3 is 0 Å². The molecule has 0 aliphatic heterocycles. The van der Waals surface area contributed by atoms with Crippen LogP contribution in [-0.2, 0) is 29.1 Å². The Bertz CT molecular complexity index is 3030. The smallest absolute Gasteiger partial charge is 0.0726 e. The fourth-order valence-corrected chi connectivity index (χ4v) is 12.1. The third-order valence-electron chi connectivity index (χ3n) is 15.3. The molecule has 0 fully saturated rings. The van der Waals surface area contributed by atoms with Gasteiger partial charge in [-0.25, -0.2) is 0 Å². The van der Waals surface area contributed by atoms with Crippen molar-refractivity contribution in [3.8, 4) is 44.5 Å². The Kier molecular flexibility index (Phi) is 8.30. The van der Waals surface area contributed by atoms with Crippen LogP contribution in [0.5, 0.6) is 0 Å². The lowest BCUT2D eigenvalue weighted by atomic mass is 9.63. The zero-order chi connectivity index (χ0) is 41.8. The maximum Gasteiger partial charge on any atom is 0.0726 e. The third-order valence-corrected chi connectivity index (χ3v) is 15.3. The van der Waals surface area contributed by atoms with Crippen LogP contribution in [-0.4, -0.2) is 0 Å². The van der Waals surface area contributed by atoms with Gasteiger partial charge in [0.1, 0.15) is 0 Å². The molecule has 0 unspecified atom stereocenters. The van der Waals surface area contributed by atoms with Crippen molar-refractivity contribution in [1.82, 2.24) is 0 Å². The van der Waals surface area contributed by atoms with Gasteiger partial charge in [-0.3, -0.25) is 0 Å². The predicted molar refractivity (Wildman–Crippen MR) is 260 cm³/mol. The van der Waals surface area contributed by atoms with Crippen LogP contribution in [0.4, 0.5) is 17.1 Å². The highest BCUT2D eigenvalue weighted by Crippen LogP contribution is 2.64. The van der Waals surface area contributed by atoms with Gasteiger partial charge in [-0.15, -0.1) is 0 Å². The zero-order valence-electron chi connectivity index (χ0n) is 36.4. The topological polar surface area (TPSA) is 3.24 Å². The molecular weight excluding hydrogens is 747 g/mol. The normalized spacial score (nSPS) is 16.7. The highest BCUT2D eigenvalue weighted by molar-refractivity contribution is 6.01. The first kappa shape index (κ1) is 37.3. The molecule has 0 bridgehead atoms. The number of nitrogens with zero attached hydrogens (tertiary/aromatic N) is 1. The Morgan fingerprint density at radius 2 is 0.855 bits per heavy atom. The molecule has 0 saturated heterocycles. The van der Waals surface area contributed by atoms with Crippen LogP contribution in [0.3, 0.4) is 0 Å². The molecule has 0 amide bonds. The van der Waals surface area contributed by atoms with Crippen molar-refractivity contribution < 1.29 is 0 Å². The Hall–Kier alpha value is -6.44. The quantitative estimate of drug-likeness (QED) is 0.168. The van der Waals surface area contributed by atoms with Gasteiger partial charge in [0.05, 0.1) is 16.8 Å². The van der Waals surface area contributed by atoms with Crippen molar-refractivity contribution >= 4 is 17.1 Å². The molecule has 0 atom stereocenters. The maximum absolute atomic E-state index is 2.63. The van der Waals surface area contributed by atoms with E-state index in [4.69, 9.17) is 0 Å². The average molecular weight is 800 g/mol. The van der Waals surface area contributed by atoms with Crippen LogP contribution in [0.25, 0.3) is 44.5 Å². The minimum absolute atomic E-state index is 0.0732. The van der Waals surface area contributed by atoms with E-state index >= 15 is 0 Å².